The molecule has 2 aromatic rings. The summed E-state index contributed by atoms with van der Waals surface area (Å²) in [5, 5.41) is 12.4. The number of carbonyl (C=O) groups is 1. The van der Waals surface area contributed by atoms with Crippen molar-refractivity contribution < 1.29 is 9.53 Å². The lowest BCUT2D eigenvalue weighted by molar-refractivity contribution is -0.133. The lowest BCUT2D eigenvalue weighted by Gasteiger charge is -2.37. The van der Waals surface area contributed by atoms with Gasteiger partial charge in [-0.05, 0) is 45.4 Å². The Bertz CT molecular complexity index is 814. The molecule has 0 radical (unpaired) electrons. The van der Waals surface area contributed by atoms with Gasteiger partial charge in [-0.15, -0.1) is 0 Å². The van der Waals surface area contributed by atoms with Gasteiger partial charge in [0.2, 0.25) is 5.91 Å². The van der Waals surface area contributed by atoms with Crippen LogP contribution >= 0.6 is 0 Å². The summed E-state index contributed by atoms with van der Waals surface area (Å²) in [7, 11) is 2.12. The number of likely N-dealkylation sites (N-methyl/N-ethyl adjacent to an activating group) is 1. The molecule has 0 saturated carbocycles. The van der Waals surface area contributed by atoms with E-state index in [2.05, 4.69) is 40.5 Å². The number of fused-ring (bicyclic) bond motifs is 1. The summed E-state index contributed by atoms with van der Waals surface area (Å²) in [5.74, 6) is 0.234. The van der Waals surface area contributed by atoms with Crippen LogP contribution in [0.2, 0.25) is 0 Å². The zero-order valence-electron chi connectivity index (χ0n) is 16.9. The number of hydrogen-bond donors (Lipinski definition) is 2. The normalized spacial score (nSPS) is 21.9. The smallest absolute Gasteiger partial charge is 0.223 e. The van der Waals surface area contributed by atoms with Gasteiger partial charge >= 0.3 is 0 Å². The highest BCUT2D eigenvalue weighted by Gasteiger charge is 2.24. The van der Waals surface area contributed by atoms with Crippen molar-refractivity contribution >= 4 is 22.5 Å². The average Bonchev–Trinajstić information content (AvgIpc) is 3.13. The summed E-state index contributed by atoms with van der Waals surface area (Å²) >= 11 is 0. The first-order valence-electron chi connectivity index (χ1n) is 10.4. The van der Waals surface area contributed by atoms with Crippen molar-refractivity contribution in [2.24, 2.45) is 0 Å². The van der Waals surface area contributed by atoms with E-state index in [1.165, 1.54) is 0 Å². The van der Waals surface area contributed by atoms with E-state index < -0.39 is 0 Å². The molecule has 28 heavy (non-hydrogen) atoms. The van der Waals surface area contributed by atoms with Crippen LogP contribution < -0.4 is 5.32 Å². The Morgan fingerprint density at radius 1 is 1.32 bits per heavy atom. The molecule has 0 spiro atoms. The summed E-state index contributed by atoms with van der Waals surface area (Å²) in [4.78, 5) is 17.0. The predicted octanol–water partition coefficient (Wildman–Crippen LogP) is 2.25. The Kier molecular flexibility index (Phi) is 5.82. The van der Waals surface area contributed by atoms with Crippen molar-refractivity contribution in [2.45, 2.75) is 44.7 Å². The molecule has 1 atom stereocenters. The Labute approximate surface area is 166 Å². The zero-order chi connectivity index (χ0) is 19.5. The third kappa shape index (κ3) is 4.15. The van der Waals surface area contributed by atoms with Crippen LogP contribution in [-0.2, 0) is 16.0 Å². The van der Waals surface area contributed by atoms with Gasteiger partial charge < -0.3 is 19.9 Å². The molecule has 1 aromatic carbocycles. The minimum atomic E-state index is 0.234. The molecule has 4 rings (SSSR count). The number of aryl methyl sites for hydroxylation is 1. The van der Waals surface area contributed by atoms with E-state index in [0.717, 1.165) is 68.0 Å². The molecule has 2 saturated heterocycles. The zero-order valence-corrected chi connectivity index (χ0v) is 16.9. The number of rotatable bonds is 5. The Balaban J connectivity index is 1.44. The standard InChI is InChI=1S/C21H31N5O2/c1-15-14-26(11-10-25(15)2)20(27)7-6-19-21-17(4-3-5-18(21)23-24-19)22-16-8-12-28-13-9-16/h3-5,15-16,22H,6-14H2,1-2H3,(H,23,24). The number of anilines is 1. The summed E-state index contributed by atoms with van der Waals surface area (Å²) in [6.45, 7) is 6.37. The molecule has 3 heterocycles. The van der Waals surface area contributed by atoms with E-state index in [1.807, 2.05) is 17.0 Å². The van der Waals surface area contributed by atoms with E-state index >= 15 is 0 Å². The molecular formula is C21H31N5O2. The van der Waals surface area contributed by atoms with Crippen LogP contribution in [0, 0.1) is 0 Å². The van der Waals surface area contributed by atoms with Crippen LogP contribution in [0.1, 0.15) is 31.9 Å². The molecule has 1 aromatic heterocycles. The molecule has 1 unspecified atom stereocenters. The maximum Gasteiger partial charge on any atom is 0.223 e. The number of H-pyrrole nitrogens is 1. The number of piperazine rings is 1. The van der Waals surface area contributed by atoms with Crippen molar-refractivity contribution in [2.75, 3.05) is 45.2 Å². The molecule has 152 valence electrons. The second-order valence-corrected chi connectivity index (χ2v) is 8.10. The number of hydrogen-bond acceptors (Lipinski definition) is 5. The van der Waals surface area contributed by atoms with E-state index in [-0.39, 0.29) is 5.91 Å². The molecule has 2 fully saturated rings. The van der Waals surface area contributed by atoms with Gasteiger partial charge in [0.1, 0.15) is 0 Å². The lowest BCUT2D eigenvalue weighted by Crippen LogP contribution is -2.52. The average molecular weight is 386 g/mol. The van der Waals surface area contributed by atoms with E-state index in [1.54, 1.807) is 0 Å². The van der Waals surface area contributed by atoms with Gasteiger partial charge in [-0.3, -0.25) is 9.89 Å². The minimum absolute atomic E-state index is 0.234. The number of ether oxygens (including phenoxy) is 1. The summed E-state index contributed by atoms with van der Waals surface area (Å²) in [6, 6.07) is 7.01. The highest BCUT2D eigenvalue weighted by Crippen LogP contribution is 2.28. The van der Waals surface area contributed by atoms with Gasteiger partial charge in [-0.1, -0.05) is 6.07 Å². The molecule has 7 nitrogen and oxygen atoms in total. The van der Waals surface area contributed by atoms with Crippen molar-refractivity contribution in [1.29, 1.82) is 0 Å². The van der Waals surface area contributed by atoms with Crippen LogP contribution in [0.3, 0.4) is 0 Å². The van der Waals surface area contributed by atoms with Gasteiger partial charge in [-0.2, -0.15) is 5.10 Å². The fourth-order valence-corrected chi connectivity index (χ4v) is 4.16. The van der Waals surface area contributed by atoms with Crippen molar-refractivity contribution in [3.63, 3.8) is 0 Å². The van der Waals surface area contributed by atoms with Crippen LogP contribution in [0.4, 0.5) is 5.69 Å². The predicted molar refractivity (Wildman–Crippen MR) is 111 cm³/mol. The monoisotopic (exact) mass is 385 g/mol. The van der Waals surface area contributed by atoms with Crippen LogP contribution in [-0.4, -0.2) is 77.9 Å². The molecule has 0 aliphatic carbocycles. The third-order valence-corrected chi connectivity index (χ3v) is 6.14. The van der Waals surface area contributed by atoms with Crippen molar-refractivity contribution in [3.8, 4) is 0 Å². The van der Waals surface area contributed by atoms with E-state index in [4.69, 9.17) is 4.74 Å². The Hall–Kier alpha value is -2.12. The van der Waals surface area contributed by atoms with Gasteiger partial charge in [0, 0.05) is 68.1 Å². The molecule has 0 bridgehead atoms. The van der Waals surface area contributed by atoms with Gasteiger partial charge in [0.05, 0.1) is 5.52 Å². The second-order valence-electron chi connectivity index (χ2n) is 8.10. The number of aromatic amines is 1. The SMILES string of the molecule is CC1CN(C(=O)CCc2[nH]nc3cccc(NC4CCOCC4)c23)CCN1C. The lowest BCUT2D eigenvalue weighted by atomic mass is 10.1. The topological polar surface area (TPSA) is 73.5 Å². The van der Waals surface area contributed by atoms with Crippen LogP contribution in [0.5, 0.6) is 0 Å². The number of nitrogens with one attached hydrogen (secondary N) is 2. The number of amides is 1. The van der Waals surface area contributed by atoms with Gasteiger partial charge in [0.25, 0.3) is 0 Å². The highest BCUT2D eigenvalue weighted by molar-refractivity contribution is 5.94. The maximum absolute atomic E-state index is 12.7. The summed E-state index contributed by atoms with van der Waals surface area (Å²) < 4.78 is 5.47. The van der Waals surface area contributed by atoms with Gasteiger partial charge in [0.15, 0.2) is 0 Å². The number of carbonyl (C=O) groups excluding carboxylic acids is 1. The first-order chi connectivity index (χ1) is 13.6. The summed E-state index contributed by atoms with van der Waals surface area (Å²) in [5.41, 5.74) is 3.10. The van der Waals surface area contributed by atoms with E-state index in [0.29, 0.717) is 24.9 Å². The highest BCUT2D eigenvalue weighted by atomic mass is 16.5. The fourth-order valence-electron chi connectivity index (χ4n) is 4.16. The molecule has 7 heteroatoms. The summed E-state index contributed by atoms with van der Waals surface area (Å²) in [6.07, 6.45) is 3.23. The number of benzene rings is 1. The maximum atomic E-state index is 12.7. The van der Waals surface area contributed by atoms with Crippen molar-refractivity contribution in [1.82, 2.24) is 20.0 Å². The number of nitrogens with zero attached hydrogens (tertiary/aromatic N) is 3. The first kappa shape index (κ1) is 19.2. The van der Waals surface area contributed by atoms with Crippen LogP contribution in [0.25, 0.3) is 10.9 Å². The molecule has 2 aliphatic heterocycles. The molecular weight excluding hydrogens is 354 g/mol. The fraction of sp³-hybridized carbons (Fsp3) is 0.619. The molecule has 1 amide bonds. The third-order valence-electron chi connectivity index (χ3n) is 6.14. The quantitative estimate of drug-likeness (QED) is 0.826. The molecule has 2 N–H and O–H groups in total. The van der Waals surface area contributed by atoms with Crippen molar-refractivity contribution in [3.05, 3.63) is 23.9 Å². The largest absolute Gasteiger partial charge is 0.382 e. The Morgan fingerprint density at radius 2 is 2.14 bits per heavy atom. The molecule has 2 aliphatic rings. The second kappa shape index (κ2) is 8.49. The number of aromatic nitrogens is 2. The van der Waals surface area contributed by atoms with Gasteiger partial charge in [-0.25, -0.2) is 0 Å². The first-order valence-corrected chi connectivity index (χ1v) is 10.4. The van der Waals surface area contributed by atoms with E-state index in [9.17, 15) is 4.79 Å². The Morgan fingerprint density at radius 3 is 2.93 bits per heavy atom. The van der Waals surface area contributed by atoms with Crippen LogP contribution in [0.15, 0.2) is 18.2 Å². The minimum Gasteiger partial charge on any atom is -0.382 e.